The number of nitrogens with one attached hydrogen (secondary N) is 1. The van der Waals surface area contributed by atoms with Crippen LogP contribution in [-0.4, -0.2) is 22.2 Å². The van der Waals surface area contributed by atoms with Crippen molar-refractivity contribution in [2.75, 3.05) is 5.32 Å². The van der Waals surface area contributed by atoms with Crippen LogP contribution in [0.4, 0.5) is 29.1 Å². The van der Waals surface area contributed by atoms with Gasteiger partial charge in [0.15, 0.2) is 11.1 Å². The van der Waals surface area contributed by atoms with E-state index in [2.05, 4.69) is 20.2 Å². The van der Waals surface area contributed by atoms with Crippen molar-refractivity contribution in [3.63, 3.8) is 0 Å². The summed E-state index contributed by atoms with van der Waals surface area (Å²) in [6, 6.07) is 8.51. The van der Waals surface area contributed by atoms with Crippen LogP contribution in [0.5, 0.6) is 5.75 Å². The Morgan fingerprint density at radius 1 is 1.12 bits per heavy atom. The van der Waals surface area contributed by atoms with E-state index in [4.69, 9.17) is 4.52 Å². The van der Waals surface area contributed by atoms with E-state index in [1.165, 1.54) is 18.3 Å². The summed E-state index contributed by atoms with van der Waals surface area (Å²) in [5.41, 5.74) is 1.17. The van der Waals surface area contributed by atoms with Gasteiger partial charge in [0.25, 0.3) is 0 Å². The summed E-state index contributed by atoms with van der Waals surface area (Å²) in [4.78, 5) is 4.08. The van der Waals surface area contributed by atoms with E-state index in [1.54, 1.807) is 12.1 Å². The first kappa shape index (κ1) is 16.0. The highest BCUT2D eigenvalue weighted by Crippen LogP contribution is 2.36. The Morgan fingerprint density at radius 2 is 1.92 bits per heavy atom. The third kappa shape index (κ3) is 3.10. The number of pyridine rings is 1. The largest absolute Gasteiger partial charge is 0.463 e. The molecule has 0 spiro atoms. The van der Waals surface area contributed by atoms with Gasteiger partial charge in [0.1, 0.15) is 5.75 Å². The number of anilines is 2. The Bertz CT molecular complexity index is 861. The number of rotatable bonds is 5. The van der Waals surface area contributed by atoms with Crippen molar-refractivity contribution in [1.29, 1.82) is 0 Å². The lowest BCUT2D eigenvalue weighted by molar-refractivity contribution is -0.301. The molecule has 0 amide bonds. The molecule has 5 nitrogen and oxygen atoms in total. The zero-order chi connectivity index (χ0) is 17.4. The molecule has 0 fully saturated rings. The number of hydrogen-bond acceptors (Lipinski definition) is 5. The Balaban J connectivity index is 1.83. The highest BCUT2D eigenvalue weighted by Gasteiger charge is 2.55. The monoisotopic (exact) mass is 341 g/mol. The standard InChI is InChI=1S/C15H11F4N3O2/c1-14(16,17)15(18,19)23-10-5-2-4-9(8-10)21-13-12-11(24-22-13)6-3-7-20-12/h2-8H,1H3,(H,21,22). The van der Waals surface area contributed by atoms with E-state index in [0.717, 1.165) is 12.1 Å². The van der Waals surface area contributed by atoms with Crippen molar-refractivity contribution in [1.82, 2.24) is 10.1 Å². The van der Waals surface area contributed by atoms with Gasteiger partial charge in [-0.05, 0) is 24.3 Å². The predicted molar refractivity (Wildman–Crippen MR) is 77.7 cm³/mol. The lowest BCUT2D eigenvalue weighted by Crippen LogP contribution is -2.42. The molecule has 0 saturated heterocycles. The molecule has 9 heteroatoms. The van der Waals surface area contributed by atoms with Crippen molar-refractivity contribution in [2.24, 2.45) is 0 Å². The molecule has 2 heterocycles. The van der Waals surface area contributed by atoms with Gasteiger partial charge in [-0.15, -0.1) is 0 Å². The van der Waals surface area contributed by atoms with Crippen LogP contribution < -0.4 is 10.1 Å². The zero-order valence-corrected chi connectivity index (χ0v) is 12.3. The van der Waals surface area contributed by atoms with Gasteiger partial charge in [-0.25, -0.2) is 4.98 Å². The van der Waals surface area contributed by atoms with Crippen LogP contribution in [0.15, 0.2) is 47.1 Å². The molecule has 0 atom stereocenters. The molecule has 0 saturated carbocycles. The molecule has 1 aromatic carbocycles. The molecule has 3 aromatic rings. The second kappa shape index (κ2) is 5.66. The third-order valence-corrected chi connectivity index (χ3v) is 3.08. The van der Waals surface area contributed by atoms with Crippen LogP contribution in [0.3, 0.4) is 0 Å². The Labute approximate surface area is 133 Å². The molecule has 1 N–H and O–H groups in total. The summed E-state index contributed by atoms with van der Waals surface area (Å²) in [6.07, 6.45) is -3.10. The fourth-order valence-corrected chi connectivity index (χ4v) is 1.87. The summed E-state index contributed by atoms with van der Waals surface area (Å²) >= 11 is 0. The minimum absolute atomic E-state index is 0.0856. The molecule has 2 aromatic heterocycles. The summed E-state index contributed by atoms with van der Waals surface area (Å²) in [5, 5.41) is 6.59. The fraction of sp³-hybridized carbons (Fsp3) is 0.200. The Kier molecular flexibility index (Phi) is 3.78. The molecule has 0 bridgehead atoms. The van der Waals surface area contributed by atoms with Crippen LogP contribution >= 0.6 is 0 Å². The van der Waals surface area contributed by atoms with E-state index in [0.29, 0.717) is 16.8 Å². The lowest BCUT2D eigenvalue weighted by atomic mass is 10.3. The zero-order valence-electron chi connectivity index (χ0n) is 12.3. The normalized spacial score (nSPS) is 12.4. The molecule has 24 heavy (non-hydrogen) atoms. The first-order chi connectivity index (χ1) is 11.3. The van der Waals surface area contributed by atoms with E-state index < -0.39 is 17.8 Å². The molecule has 0 aliphatic carbocycles. The van der Waals surface area contributed by atoms with Gasteiger partial charge in [0.05, 0.1) is 0 Å². The SMILES string of the molecule is CC(F)(F)C(F)(F)Oc1cccc(Nc2noc3cccnc23)c1. The minimum Gasteiger partial charge on any atom is -0.428 e. The van der Waals surface area contributed by atoms with Crippen molar-refractivity contribution in [3.8, 4) is 5.75 Å². The van der Waals surface area contributed by atoms with E-state index in [9.17, 15) is 17.6 Å². The summed E-state index contributed by atoms with van der Waals surface area (Å²) < 4.78 is 61.5. The van der Waals surface area contributed by atoms with Crippen LogP contribution in [0.1, 0.15) is 6.92 Å². The van der Waals surface area contributed by atoms with E-state index in [-0.39, 0.29) is 12.7 Å². The van der Waals surface area contributed by atoms with Crippen LogP contribution in [0.25, 0.3) is 11.1 Å². The summed E-state index contributed by atoms with van der Waals surface area (Å²) in [7, 11) is 0. The Morgan fingerprint density at radius 3 is 2.67 bits per heavy atom. The first-order valence-electron chi connectivity index (χ1n) is 6.78. The maximum absolute atomic E-state index is 13.3. The van der Waals surface area contributed by atoms with Crippen LogP contribution in [-0.2, 0) is 0 Å². The average molecular weight is 341 g/mol. The maximum atomic E-state index is 13.3. The average Bonchev–Trinajstić information content (AvgIpc) is 2.89. The smallest absolute Gasteiger partial charge is 0.428 e. The van der Waals surface area contributed by atoms with Gasteiger partial charge in [-0.2, -0.15) is 17.6 Å². The number of ether oxygens (including phenoxy) is 1. The lowest BCUT2D eigenvalue weighted by Gasteiger charge is -2.23. The molecular weight excluding hydrogens is 330 g/mol. The number of nitrogens with zero attached hydrogens (tertiary/aromatic N) is 2. The number of benzene rings is 1. The molecule has 0 unspecified atom stereocenters. The quantitative estimate of drug-likeness (QED) is 0.688. The molecule has 0 aliphatic heterocycles. The number of aromatic nitrogens is 2. The Hall–Kier alpha value is -2.84. The van der Waals surface area contributed by atoms with Crippen LogP contribution in [0.2, 0.25) is 0 Å². The highest BCUT2D eigenvalue weighted by atomic mass is 19.3. The summed E-state index contributed by atoms with van der Waals surface area (Å²) in [5.74, 6) is -4.48. The molecule has 3 rings (SSSR count). The maximum Gasteiger partial charge on any atom is 0.463 e. The second-order valence-electron chi connectivity index (χ2n) is 5.04. The molecule has 126 valence electrons. The van der Waals surface area contributed by atoms with Crippen LogP contribution in [0, 0.1) is 0 Å². The van der Waals surface area contributed by atoms with Gasteiger partial charge < -0.3 is 14.6 Å². The fourth-order valence-electron chi connectivity index (χ4n) is 1.87. The van der Waals surface area contributed by atoms with Gasteiger partial charge in [0, 0.05) is 24.9 Å². The van der Waals surface area contributed by atoms with E-state index >= 15 is 0 Å². The third-order valence-electron chi connectivity index (χ3n) is 3.08. The topological polar surface area (TPSA) is 60.2 Å². The number of fused-ring (bicyclic) bond motifs is 1. The van der Waals surface area contributed by atoms with E-state index in [1.807, 2.05) is 0 Å². The number of halogens is 4. The van der Waals surface area contributed by atoms with Crippen molar-refractivity contribution in [3.05, 3.63) is 42.6 Å². The van der Waals surface area contributed by atoms with Gasteiger partial charge in [-0.3, -0.25) is 0 Å². The first-order valence-corrected chi connectivity index (χ1v) is 6.78. The molecular formula is C15H11F4N3O2. The highest BCUT2D eigenvalue weighted by molar-refractivity contribution is 5.85. The van der Waals surface area contributed by atoms with Gasteiger partial charge >= 0.3 is 12.0 Å². The summed E-state index contributed by atoms with van der Waals surface area (Å²) in [6.45, 7) is 0.0856. The van der Waals surface area contributed by atoms with Crippen molar-refractivity contribution >= 4 is 22.6 Å². The van der Waals surface area contributed by atoms with Crippen molar-refractivity contribution < 1.29 is 26.8 Å². The van der Waals surface area contributed by atoms with Gasteiger partial charge in [0.2, 0.25) is 5.82 Å². The van der Waals surface area contributed by atoms with Crippen molar-refractivity contribution in [2.45, 2.75) is 19.0 Å². The second-order valence-corrected chi connectivity index (χ2v) is 5.04. The molecule has 0 radical (unpaired) electrons. The minimum atomic E-state index is -4.63. The number of alkyl halides is 4. The van der Waals surface area contributed by atoms with Gasteiger partial charge in [-0.1, -0.05) is 11.2 Å². The molecule has 0 aliphatic rings. The number of hydrogen-bond donors (Lipinski definition) is 1. The predicted octanol–water partition coefficient (Wildman–Crippen LogP) is 4.59.